The first-order valence-electron chi connectivity index (χ1n) is 8.37. The molecule has 0 atom stereocenters. The molecule has 2 aromatic rings. The summed E-state index contributed by atoms with van der Waals surface area (Å²) in [4.78, 5) is 24.2. The van der Waals surface area contributed by atoms with Crippen LogP contribution in [0.1, 0.15) is 48.5 Å². The average molecular weight is 324 g/mol. The molecule has 24 heavy (non-hydrogen) atoms. The maximum absolute atomic E-state index is 12.3. The molecule has 4 nitrogen and oxygen atoms in total. The number of anilines is 2. The molecule has 0 radical (unpaired) electrons. The van der Waals surface area contributed by atoms with Gasteiger partial charge in [-0.05, 0) is 43.2 Å². The number of carbonyl (C=O) groups is 2. The molecule has 4 heteroatoms. The summed E-state index contributed by atoms with van der Waals surface area (Å²) in [5, 5.41) is 5.75. The number of nitrogens with one attached hydrogen (secondary N) is 2. The molecule has 2 rings (SSSR count). The highest BCUT2D eigenvalue weighted by Crippen LogP contribution is 2.17. The number of carbonyl (C=O) groups excluding carboxylic acids is 2. The van der Waals surface area contributed by atoms with Crippen molar-refractivity contribution in [1.82, 2.24) is 0 Å². The van der Waals surface area contributed by atoms with Crippen LogP contribution in [-0.4, -0.2) is 11.8 Å². The summed E-state index contributed by atoms with van der Waals surface area (Å²) in [6.07, 6.45) is 3.56. The van der Waals surface area contributed by atoms with E-state index in [1.54, 1.807) is 12.1 Å². The van der Waals surface area contributed by atoms with E-state index in [-0.39, 0.29) is 11.8 Å². The lowest BCUT2D eigenvalue weighted by Crippen LogP contribution is -2.14. The molecule has 0 bridgehead atoms. The van der Waals surface area contributed by atoms with Crippen LogP contribution in [-0.2, 0) is 4.79 Å². The molecule has 2 aromatic carbocycles. The fraction of sp³-hybridized carbons (Fsp3) is 0.300. The van der Waals surface area contributed by atoms with Gasteiger partial charge in [0, 0.05) is 23.4 Å². The Morgan fingerprint density at radius 2 is 1.62 bits per heavy atom. The van der Waals surface area contributed by atoms with Crippen LogP contribution in [0.5, 0.6) is 0 Å². The third-order valence-corrected chi connectivity index (χ3v) is 3.80. The van der Waals surface area contributed by atoms with Gasteiger partial charge in [-0.15, -0.1) is 0 Å². The van der Waals surface area contributed by atoms with Gasteiger partial charge >= 0.3 is 0 Å². The molecule has 0 aromatic heterocycles. The van der Waals surface area contributed by atoms with Crippen molar-refractivity contribution in [2.45, 2.75) is 39.5 Å². The fourth-order valence-corrected chi connectivity index (χ4v) is 2.46. The van der Waals surface area contributed by atoms with E-state index in [1.165, 1.54) is 0 Å². The predicted octanol–water partition coefficient (Wildman–Crippen LogP) is 4.77. The smallest absolute Gasteiger partial charge is 0.255 e. The van der Waals surface area contributed by atoms with E-state index in [2.05, 4.69) is 17.6 Å². The first kappa shape index (κ1) is 17.7. The quantitative estimate of drug-likeness (QED) is 0.721. The molecule has 2 amide bonds. The SMILES string of the molecule is CCCCCC(=O)Nc1cccc(NC(=O)c2ccccc2C)c1. The summed E-state index contributed by atoms with van der Waals surface area (Å²) < 4.78 is 0. The number of aryl methyl sites for hydroxylation is 1. The summed E-state index contributed by atoms with van der Waals surface area (Å²) >= 11 is 0. The van der Waals surface area contributed by atoms with E-state index in [9.17, 15) is 9.59 Å². The highest BCUT2D eigenvalue weighted by Gasteiger charge is 2.09. The van der Waals surface area contributed by atoms with Crippen molar-refractivity contribution in [1.29, 1.82) is 0 Å². The summed E-state index contributed by atoms with van der Waals surface area (Å²) in [6, 6.07) is 14.7. The van der Waals surface area contributed by atoms with Crippen LogP contribution in [0.15, 0.2) is 48.5 Å². The van der Waals surface area contributed by atoms with Gasteiger partial charge in [-0.25, -0.2) is 0 Å². The summed E-state index contributed by atoms with van der Waals surface area (Å²) in [6.45, 7) is 4.01. The molecule has 0 saturated heterocycles. The lowest BCUT2D eigenvalue weighted by atomic mass is 10.1. The molecular formula is C20H24N2O2. The van der Waals surface area contributed by atoms with Gasteiger partial charge in [0.15, 0.2) is 0 Å². The summed E-state index contributed by atoms with van der Waals surface area (Å²) in [7, 11) is 0. The van der Waals surface area contributed by atoms with Crippen LogP contribution in [0.2, 0.25) is 0 Å². The van der Waals surface area contributed by atoms with Gasteiger partial charge in [-0.1, -0.05) is 44.0 Å². The minimum Gasteiger partial charge on any atom is -0.326 e. The van der Waals surface area contributed by atoms with Crippen LogP contribution in [0.25, 0.3) is 0 Å². The summed E-state index contributed by atoms with van der Waals surface area (Å²) in [5.74, 6) is -0.148. The minimum absolute atomic E-state index is 0.00540. The number of rotatable bonds is 7. The first-order chi connectivity index (χ1) is 11.6. The van der Waals surface area contributed by atoms with Crippen LogP contribution >= 0.6 is 0 Å². The third kappa shape index (κ3) is 5.23. The minimum atomic E-state index is -0.153. The standard InChI is InChI=1S/C20H24N2O2/c1-3-4-5-13-19(23)21-16-10-8-11-17(14-16)22-20(24)18-12-7-6-9-15(18)2/h6-12,14H,3-5,13H2,1-2H3,(H,21,23)(H,22,24). The Morgan fingerprint density at radius 1 is 0.917 bits per heavy atom. The van der Waals surface area contributed by atoms with Crippen LogP contribution in [0.4, 0.5) is 11.4 Å². The number of hydrogen-bond acceptors (Lipinski definition) is 2. The van der Waals surface area contributed by atoms with E-state index in [0.29, 0.717) is 23.4 Å². The molecular weight excluding hydrogens is 300 g/mol. The van der Waals surface area contributed by atoms with Gasteiger partial charge < -0.3 is 10.6 Å². The van der Waals surface area contributed by atoms with Gasteiger partial charge in [0.2, 0.25) is 5.91 Å². The average Bonchev–Trinajstić information content (AvgIpc) is 2.55. The Balaban J connectivity index is 1.99. The van der Waals surface area contributed by atoms with Crippen LogP contribution in [0, 0.1) is 6.92 Å². The molecule has 0 saturated carbocycles. The zero-order valence-corrected chi connectivity index (χ0v) is 14.3. The van der Waals surface area contributed by atoms with E-state index in [0.717, 1.165) is 24.8 Å². The molecule has 0 aliphatic rings. The van der Waals surface area contributed by atoms with Crippen molar-refractivity contribution in [3.8, 4) is 0 Å². The molecule has 0 fully saturated rings. The second-order valence-electron chi connectivity index (χ2n) is 5.86. The second kappa shape index (κ2) is 8.87. The zero-order valence-electron chi connectivity index (χ0n) is 14.3. The first-order valence-corrected chi connectivity index (χ1v) is 8.37. The number of hydrogen-bond donors (Lipinski definition) is 2. The highest BCUT2D eigenvalue weighted by molar-refractivity contribution is 6.05. The molecule has 0 heterocycles. The Labute approximate surface area is 143 Å². The third-order valence-electron chi connectivity index (χ3n) is 3.80. The van der Waals surface area contributed by atoms with Crippen molar-refractivity contribution < 1.29 is 9.59 Å². The van der Waals surface area contributed by atoms with Crippen LogP contribution in [0.3, 0.4) is 0 Å². The maximum atomic E-state index is 12.3. The zero-order chi connectivity index (χ0) is 17.4. The van der Waals surface area contributed by atoms with Crippen molar-refractivity contribution in [3.63, 3.8) is 0 Å². The number of benzene rings is 2. The highest BCUT2D eigenvalue weighted by atomic mass is 16.2. The van der Waals surface area contributed by atoms with Gasteiger partial charge in [-0.2, -0.15) is 0 Å². The van der Waals surface area contributed by atoms with E-state index >= 15 is 0 Å². The lowest BCUT2D eigenvalue weighted by Gasteiger charge is -2.10. The second-order valence-corrected chi connectivity index (χ2v) is 5.86. The topological polar surface area (TPSA) is 58.2 Å². The van der Waals surface area contributed by atoms with Crippen molar-refractivity contribution >= 4 is 23.2 Å². The largest absolute Gasteiger partial charge is 0.326 e. The maximum Gasteiger partial charge on any atom is 0.255 e. The van der Waals surface area contributed by atoms with Gasteiger partial charge in [0.25, 0.3) is 5.91 Å². The fourth-order valence-electron chi connectivity index (χ4n) is 2.46. The lowest BCUT2D eigenvalue weighted by molar-refractivity contribution is -0.116. The number of unbranched alkanes of at least 4 members (excludes halogenated alkanes) is 2. The van der Waals surface area contributed by atoms with E-state index < -0.39 is 0 Å². The van der Waals surface area contributed by atoms with E-state index in [4.69, 9.17) is 0 Å². The van der Waals surface area contributed by atoms with Crippen LogP contribution < -0.4 is 10.6 Å². The van der Waals surface area contributed by atoms with E-state index in [1.807, 2.05) is 43.3 Å². The molecule has 126 valence electrons. The summed E-state index contributed by atoms with van der Waals surface area (Å²) in [5.41, 5.74) is 2.93. The normalized spacial score (nSPS) is 10.2. The van der Waals surface area contributed by atoms with Crippen molar-refractivity contribution in [2.24, 2.45) is 0 Å². The van der Waals surface area contributed by atoms with Gasteiger partial charge in [-0.3, -0.25) is 9.59 Å². The van der Waals surface area contributed by atoms with Gasteiger partial charge in [0.1, 0.15) is 0 Å². The Bertz CT molecular complexity index is 710. The molecule has 2 N–H and O–H groups in total. The Kier molecular flexibility index (Phi) is 6.55. The molecule has 0 aliphatic heterocycles. The molecule has 0 unspecified atom stereocenters. The molecule has 0 spiro atoms. The Hall–Kier alpha value is -2.62. The van der Waals surface area contributed by atoms with Crippen molar-refractivity contribution in [2.75, 3.05) is 10.6 Å². The predicted molar refractivity (Wildman–Crippen MR) is 98.3 cm³/mol. The molecule has 0 aliphatic carbocycles. The van der Waals surface area contributed by atoms with Crippen molar-refractivity contribution in [3.05, 3.63) is 59.7 Å². The Morgan fingerprint density at radius 3 is 2.33 bits per heavy atom. The number of amides is 2. The van der Waals surface area contributed by atoms with Gasteiger partial charge in [0.05, 0.1) is 0 Å². The monoisotopic (exact) mass is 324 g/mol.